The van der Waals surface area contributed by atoms with Crippen molar-refractivity contribution in [1.29, 1.82) is 0 Å². The molecule has 0 unspecified atom stereocenters. The van der Waals surface area contributed by atoms with Gasteiger partial charge in [-0.1, -0.05) is 59.8 Å². The van der Waals surface area contributed by atoms with Gasteiger partial charge in [-0.2, -0.15) is 0 Å². The highest BCUT2D eigenvalue weighted by atomic mass is 35.5. The van der Waals surface area contributed by atoms with E-state index in [1.165, 1.54) is 23.1 Å². The number of aromatic nitrogens is 5. The molecule has 0 bridgehead atoms. The summed E-state index contributed by atoms with van der Waals surface area (Å²) in [6.07, 6.45) is 3.46. The smallest absolute Gasteiger partial charge is 0.273 e. The van der Waals surface area contributed by atoms with Gasteiger partial charge in [0.1, 0.15) is 10.7 Å². The molecule has 3 aromatic heterocycles. The van der Waals surface area contributed by atoms with E-state index in [1.807, 2.05) is 95.7 Å². The summed E-state index contributed by atoms with van der Waals surface area (Å²) in [6, 6.07) is 21.4. The average Bonchev–Trinajstić information content (AvgIpc) is 3.62. The first-order valence-corrected chi connectivity index (χ1v) is 14.9. The van der Waals surface area contributed by atoms with Crippen molar-refractivity contribution in [2.75, 3.05) is 27.2 Å². The van der Waals surface area contributed by atoms with Crippen LogP contribution in [0.2, 0.25) is 5.02 Å². The highest BCUT2D eigenvalue weighted by molar-refractivity contribution is 7.98. The number of benzene rings is 2. The number of thiazole rings is 1. The maximum atomic E-state index is 13.5. The number of nitrogens with zero attached hydrogens (tertiary/aromatic N) is 7. The fraction of sp³-hybridized carbons (Fsp3) is 0.207. The molecule has 0 spiro atoms. The van der Waals surface area contributed by atoms with Gasteiger partial charge in [0.05, 0.1) is 11.4 Å². The quantitative estimate of drug-likeness (QED) is 0.177. The molecule has 0 aliphatic rings. The van der Waals surface area contributed by atoms with Gasteiger partial charge in [-0.25, -0.2) is 4.98 Å². The van der Waals surface area contributed by atoms with Gasteiger partial charge in [0.2, 0.25) is 0 Å². The first-order valence-electron chi connectivity index (χ1n) is 12.6. The maximum absolute atomic E-state index is 13.5. The number of rotatable bonds is 11. The largest absolute Gasteiger partial charge is 0.332 e. The van der Waals surface area contributed by atoms with E-state index in [-0.39, 0.29) is 5.91 Å². The highest BCUT2D eigenvalue weighted by Gasteiger charge is 2.21. The van der Waals surface area contributed by atoms with E-state index in [2.05, 4.69) is 20.1 Å². The fourth-order valence-electron chi connectivity index (χ4n) is 4.04. The number of carbonyl (C=O) groups is 1. The third-order valence-electron chi connectivity index (χ3n) is 6.05. The van der Waals surface area contributed by atoms with Crippen molar-refractivity contribution in [2.24, 2.45) is 0 Å². The summed E-state index contributed by atoms with van der Waals surface area (Å²) in [6.45, 7) is 1.92. The van der Waals surface area contributed by atoms with Gasteiger partial charge in [-0.15, -0.1) is 21.5 Å². The summed E-state index contributed by atoms with van der Waals surface area (Å²) in [4.78, 5) is 26.2. The van der Waals surface area contributed by atoms with Crippen LogP contribution in [0.3, 0.4) is 0 Å². The molecule has 0 atom stereocenters. The number of pyridine rings is 1. The number of amides is 1. The molecule has 0 aliphatic heterocycles. The Morgan fingerprint density at radius 3 is 2.55 bits per heavy atom. The van der Waals surface area contributed by atoms with Crippen LogP contribution in [0.5, 0.6) is 0 Å². The normalized spacial score (nSPS) is 11.2. The van der Waals surface area contributed by atoms with Crippen molar-refractivity contribution in [1.82, 2.24) is 34.5 Å². The summed E-state index contributed by atoms with van der Waals surface area (Å²) in [5.41, 5.74) is 3.31. The third-order valence-corrected chi connectivity index (χ3v) is 8.26. The Labute approximate surface area is 246 Å². The van der Waals surface area contributed by atoms with Crippen molar-refractivity contribution in [3.8, 4) is 17.1 Å². The van der Waals surface area contributed by atoms with Crippen molar-refractivity contribution >= 4 is 40.6 Å². The summed E-state index contributed by atoms with van der Waals surface area (Å²) < 4.78 is 1.98. The van der Waals surface area contributed by atoms with Crippen molar-refractivity contribution in [2.45, 2.75) is 17.5 Å². The topological polar surface area (TPSA) is 80.0 Å². The maximum Gasteiger partial charge on any atom is 0.273 e. The van der Waals surface area contributed by atoms with Crippen LogP contribution < -0.4 is 0 Å². The lowest BCUT2D eigenvalue weighted by Crippen LogP contribution is -2.36. The lowest BCUT2D eigenvalue weighted by atomic mass is 10.2. The molecule has 0 saturated heterocycles. The van der Waals surface area contributed by atoms with E-state index >= 15 is 0 Å². The molecule has 5 aromatic rings. The van der Waals surface area contributed by atoms with Crippen LogP contribution in [0, 0.1) is 0 Å². The van der Waals surface area contributed by atoms with E-state index in [0.29, 0.717) is 40.5 Å². The zero-order valence-electron chi connectivity index (χ0n) is 22.1. The molecule has 3 heterocycles. The molecule has 204 valence electrons. The summed E-state index contributed by atoms with van der Waals surface area (Å²) in [5, 5.41) is 13.0. The molecule has 1 amide bonds. The average molecular weight is 590 g/mol. The molecule has 0 fully saturated rings. The Bertz CT molecular complexity index is 1560. The van der Waals surface area contributed by atoms with Crippen molar-refractivity contribution < 1.29 is 4.79 Å². The second-order valence-electron chi connectivity index (χ2n) is 9.29. The van der Waals surface area contributed by atoms with Gasteiger partial charge in [0.25, 0.3) is 5.91 Å². The number of hydrogen-bond acceptors (Lipinski definition) is 8. The first kappa shape index (κ1) is 28.0. The van der Waals surface area contributed by atoms with Crippen LogP contribution in [0.15, 0.2) is 89.7 Å². The van der Waals surface area contributed by atoms with Gasteiger partial charge in [-0.3, -0.25) is 14.3 Å². The molecular formula is C29H28ClN7OS2. The monoisotopic (exact) mass is 589 g/mol. The van der Waals surface area contributed by atoms with E-state index in [9.17, 15) is 4.79 Å². The highest BCUT2D eigenvalue weighted by Crippen LogP contribution is 2.31. The van der Waals surface area contributed by atoms with Crippen molar-refractivity contribution in [3.05, 3.63) is 106 Å². The summed E-state index contributed by atoms with van der Waals surface area (Å²) in [5.74, 6) is 1.17. The predicted molar refractivity (Wildman–Crippen MR) is 161 cm³/mol. The van der Waals surface area contributed by atoms with Crippen LogP contribution in [-0.2, 0) is 12.3 Å². The predicted octanol–water partition coefficient (Wildman–Crippen LogP) is 5.94. The van der Waals surface area contributed by atoms with Crippen LogP contribution in [0.25, 0.3) is 17.1 Å². The SMILES string of the molecule is CN(C)CCN(Cc1ccccc1)C(=O)c1csc(CSc2nnc(-c3ccncc3)n2-c2cccc(Cl)c2)n1. The Morgan fingerprint density at radius 2 is 1.80 bits per heavy atom. The standard InChI is InChI=1S/C29H28ClN7OS2/c1-35(2)15-16-36(18-21-7-4-3-5-8-21)28(38)25-19-39-26(32-25)20-40-29-34-33-27(22-11-13-31-14-12-22)37(29)24-10-6-9-23(30)17-24/h3-14,17,19H,15-16,18,20H2,1-2H3. The third kappa shape index (κ3) is 6.95. The van der Waals surface area contributed by atoms with Crippen molar-refractivity contribution in [3.63, 3.8) is 0 Å². The number of likely N-dealkylation sites (N-methyl/N-ethyl adjacent to an activating group) is 1. The molecule has 0 N–H and O–H groups in total. The molecule has 40 heavy (non-hydrogen) atoms. The van der Waals surface area contributed by atoms with Gasteiger partial charge in [-0.05, 0) is 50.0 Å². The number of hydrogen-bond donors (Lipinski definition) is 0. The van der Waals surface area contributed by atoms with Gasteiger partial charge < -0.3 is 9.80 Å². The Kier molecular flexibility index (Phi) is 9.22. The van der Waals surface area contributed by atoms with E-state index in [1.54, 1.807) is 12.4 Å². The van der Waals surface area contributed by atoms with E-state index in [0.717, 1.165) is 28.4 Å². The zero-order valence-corrected chi connectivity index (χ0v) is 24.5. The molecule has 5 rings (SSSR count). The number of carbonyl (C=O) groups excluding carboxylic acids is 1. The molecule has 0 saturated carbocycles. The molecular weight excluding hydrogens is 562 g/mol. The van der Waals surface area contributed by atoms with Crippen LogP contribution in [0.1, 0.15) is 21.1 Å². The Balaban J connectivity index is 1.35. The summed E-state index contributed by atoms with van der Waals surface area (Å²) in [7, 11) is 4.01. The van der Waals surface area contributed by atoms with Gasteiger partial charge in [0.15, 0.2) is 11.0 Å². The minimum Gasteiger partial charge on any atom is -0.332 e. The zero-order chi connectivity index (χ0) is 27.9. The van der Waals surface area contributed by atoms with Crippen LogP contribution >= 0.6 is 34.7 Å². The lowest BCUT2D eigenvalue weighted by Gasteiger charge is -2.24. The first-order chi connectivity index (χ1) is 19.5. The summed E-state index contributed by atoms with van der Waals surface area (Å²) >= 11 is 9.31. The minimum atomic E-state index is -0.0692. The second kappa shape index (κ2) is 13.2. The molecule has 0 radical (unpaired) electrons. The molecule has 2 aromatic carbocycles. The van der Waals surface area contributed by atoms with Crippen LogP contribution in [-0.4, -0.2) is 67.6 Å². The lowest BCUT2D eigenvalue weighted by molar-refractivity contribution is 0.0726. The Morgan fingerprint density at radius 1 is 1.00 bits per heavy atom. The van der Waals surface area contributed by atoms with Gasteiger partial charge >= 0.3 is 0 Å². The minimum absolute atomic E-state index is 0.0692. The molecule has 11 heteroatoms. The number of thioether (sulfide) groups is 1. The molecule has 0 aliphatic carbocycles. The molecule has 8 nitrogen and oxygen atoms in total. The fourth-order valence-corrected chi connectivity index (χ4v) is 5.96. The Hall–Kier alpha value is -3.57. The van der Waals surface area contributed by atoms with Gasteiger partial charge in [0, 0.05) is 48.0 Å². The van der Waals surface area contributed by atoms with E-state index in [4.69, 9.17) is 16.6 Å². The number of halogens is 1. The van der Waals surface area contributed by atoms with E-state index < -0.39 is 0 Å². The van der Waals surface area contributed by atoms with Crippen LogP contribution in [0.4, 0.5) is 0 Å². The second-order valence-corrected chi connectivity index (χ2v) is 11.6.